The van der Waals surface area contributed by atoms with E-state index in [1.165, 1.54) is 12.5 Å². The van der Waals surface area contributed by atoms with Crippen molar-refractivity contribution in [2.75, 3.05) is 32.3 Å². The molecule has 28 heavy (non-hydrogen) atoms. The smallest absolute Gasteiger partial charge is 0.271 e. The van der Waals surface area contributed by atoms with E-state index in [1.54, 1.807) is 25.1 Å². The summed E-state index contributed by atoms with van der Waals surface area (Å²) < 4.78 is 35.7. The summed E-state index contributed by atoms with van der Waals surface area (Å²) in [5, 5.41) is 0.421. The van der Waals surface area contributed by atoms with Crippen LogP contribution in [0, 0.1) is 0 Å². The Bertz CT molecular complexity index is 1040. The molecule has 0 radical (unpaired) electrons. The molecular weight excluding hydrogens is 404 g/mol. The minimum atomic E-state index is -3.65. The molecule has 0 saturated carbocycles. The fourth-order valence-electron chi connectivity index (χ4n) is 3.08. The highest BCUT2D eigenvalue weighted by Gasteiger charge is 2.41. The lowest BCUT2D eigenvalue weighted by Gasteiger charge is -2.22. The first-order chi connectivity index (χ1) is 13.2. The van der Waals surface area contributed by atoms with Gasteiger partial charge in [0.25, 0.3) is 11.8 Å². The van der Waals surface area contributed by atoms with E-state index in [9.17, 15) is 18.0 Å². The van der Waals surface area contributed by atoms with Crippen LogP contribution in [0.5, 0.6) is 11.5 Å². The van der Waals surface area contributed by atoms with E-state index >= 15 is 0 Å². The summed E-state index contributed by atoms with van der Waals surface area (Å²) in [6, 6.07) is 4.74. The number of rotatable bonds is 7. The zero-order chi connectivity index (χ0) is 20.6. The number of sulfone groups is 1. The van der Waals surface area contributed by atoms with Gasteiger partial charge in [-0.3, -0.25) is 14.5 Å². The number of anilines is 1. The third-order valence-corrected chi connectivity index (χ3v) is 6.88. The Morgan fingerprint density at radius 3 is 2.50 bits per heavy atom. The van der Waals surface area contributed by atoms with Crippen molar-refractivity contribution in [2.45, 2.75) is 12.2 Å². The minimum absolute atomic E-state index is 0.145. The number of amides is 2. The van der Waals surface area contributed by atoms with Crippen molar-refractivity contribution in [3.8, 4) is 11.5 Å². The topological polar surface area (TPSA) is 116 Å². The molecule has 0 spiro atoms. The number of carbonyl (C=O) groups is 2. The zero-order valence-electron chi connectivity index (χ0n) is 15.6. The molecule has 1 aliphatic rings. The molecule has 0 saturated heterocycles. The quantitative estimate of drug-likeness (QED) is 0.677. The third-order valence-electron chi connectivity index (χ3n) is 4.44. The Morgan fingerprint density at radius 1 is 1.21 bits per heavy atom. The van der Waals surface area contributed by atoms with E-state index in [1.807, 2.05) is 0 Å². The number of benzene rings is 1. The first-order valence-corrected chi connectivity index (χ1v) is 11.2. The maximum atomic E-state index is 12.6. The van der Waals surface area contributed by atoms with Crippen molar-refractivity contribution in [2.24, 2.45) is 0 Å². The minimum Gasteiger partial charge on any atom is -0.493 e. The van der Waals surface area contributed by atoms with Crippen molar-refractivity contribution in [1.29, 1.82) is 0 Å². The van der Waals surface area contributed by atoms with E-state index in [-0.39, 0.29) is 22.7 Å². The molecule has 1 aromatic carbocycles. The van der Waals surface area contributed by atoms with Gasteiger partial charge in [0.2, 0.25) is 0 Å². The SMILES string of the molecule is CCOc1cc([C@H](CN2C(=O)c3scc(N)c3C2=O)S(C)(=O)=O)ccc1OC. The van der Waals surface area contributed by atoms with Gasteiger partial charge in [0, 0.05) is 11.6 Å². The van der Waals surface area contributed by atoms with E-state index in [2.05, 4.69) is 0 Å². The average Bonchev–Trinajstić information content (AvgIpc) is 3.12. The molecule has 0 fully saturated rings. The molecule has 0 aliphatic carbocycles. The van der Waals surface area contributed by atoms with Crippen LogP contribution < -0.4 is 15.2 Å². The van der Waals surface area contributed by atoms with Crippen molar-refractivity contribution < 1.29 is 27.5 Å². The number of nitrogens with zero attached hydrogens (tertiary/aromatic N) is 1. The number of hydrogen-bond donors (Lipinski definition) is 1. The van der Waals surface area contributed by atoms with Crippen LogP contribution in [0.1, 0.15) is 37.8 Å². The molecule has 1 atom stereocenters. The fourth-order valence-corrected chi connectivity index (χ4v) is 5.04. The lowest BCUT2D eigenvalue weighted by atomic mass is 10.1. The Hall–Kier alpha value is -2.59. The third kappa shape index (κ3) is 3.45. The van der Waals surface area contributed by atoms with Crippen LogP contribution in [-0.4, -0.2) is 51.6 Å². The molecular formula is C18H20N2O6S2. The largest absolute Gasteiger partial charge is 0.493 e. The average molecular weight is 425 g/mol. The van der Waals surface area contributed by atoms with Gasteiger partial charge in [-0.05, 0) is 24.6 Å². The maximum Gasteiger partial charge on any atom is 0.271 e. The normalized spacial score (nSPS) is 14.9. The second-order valence-corrected chi connectivity index (χ2v) is 9.39. The highest BCUT2D eigenvalue weighted by Crippen LogP contribution is 2.37. The van der Waals surface area contributed by atoms with Crippen LogP contribution in [0.3, 0.4) is 0 Å². The van der Waals surface area contributed by atoms with Crippen LogP contribution in [0.4, 0.5) is 5.69 Å². The Kier molecular flexibility index (Phi) is 5.35. The van der Waals surface area contributed by atoms with Crippen LogP contribution in [0.15, 0.2) is 23.6 Å². The number of imide groups is 1. The summed E-state index contributed by atoms with van der Waals surface area (Å²) in [7, 11) is -2.17. The molecule has 0 unspecified atom stereocenters. The van der Waals surface area contributed by atoms with Crippen LogP contribution in [0.25, 0.3) is 0 Å². The number of methoxy groups -OCH3 is 1. The highest BCUT2D eigenvalue weighted by atomic mass is 32.2. The van der Waals surface area contributed by atoms with E-state index in [4.69, 9.17) is 15.2 Å². The number of fused-ring (bicyclic) bond motifs is 1. The van der Waals surface area contributed by atoms with Gasteiger partial charge in [0.15, 0.2) is 21.3 Å². The second-order valence-electron chi connectivity index (χ2n) is 6.28. The molecule has 2 aromatic rings. The van der Waals surface area contributed by atoms with Gasteiger partial charge < -0.3 is 15.2 Å². The molecule has 2 heterocycles. The second kappa shape index (κ2) is 7.44. The summed E-state index contributed by atoms with van der Waals surface area (Å²) >= 11 is 1.08. The number of hydrogen-bond acceptors (Lipinski definition) is 8. The molecule has 150 valence electrons. The van der Waals surface area contributed by atoms with Crippen LogP contribution >= 0.6 is 11.3 Å². The highest BCUT2D eigenvalue weighted by molar-refractivity contribution is 7.91. The van der Waals surface area contributed by atoms with Gasteiger partial charge in [0.1, 0.15) is 10.1 Å². The Morgan fingerprint density at radius 2 is 1.93 bits per heavy atom. The molecule has 2 amide bonds. The van der Waals surface area contributed by atoms with E-state index < -0.39 is 26.9 Å². The van der Waals surface area contributed by atoms with Gasteiger partial charge in [0.05, 0.1) is 31.5 Å². The van der Waals surface area contributed by atoms with Crippen molar-refractivity contribution in [3.05, 3.63) is 39.6 Å². The maximum absolute atomic E-state index is 12.6. The number of nitrogen functional groups attached to an aromatic ring is 1. The van der Waals surface area contributed by atoms with Crippen molar-refractivity contribution in [3.63, 3.8) is 0 Å². The van der Waals surface area contributed by atoms with Gasteiger partial charge in [-0.1, -0.05) is 6.07 Å². The molecule has 1 aromatic heterocycles. The summed E-state index contributed by atoms with van der Waals surface area (Å²) in [5.41, 5.74) is 6.55. The Labute approximate surface area is 166 Å². The molecule has 3 rings (SSSR count). The molecule has 8 nitrogen and oxygen atoms in total. The van der Waals surface area contributed by atoms with Crippen molar-refractivity contribution in [1.82, 2.24) is 4.90 Å². The Balaban J connectivity index is 1.98. The number of nitrogens with two attached hydrogens (primary N) is 1. The van der Waals surface area contributed by atoms with Crippen molar-refractivity contribution >= 4 is 38.7 Å². The zero-order valence-corrected chi connectivity index (χ0v) is 17.2. The summed E-state index contributed by atoms with van der Waals surface area (Å²) in [5.74, 6) is -0.264. The number of thiophene rings is 1. The number of carbonyl (C=O) groups excluding carboxylic acids is 2. The predicted molar refractivity (Wildman–Crippen MR) is 106 cm³/mol. The standard InChI is InChI=1S/C18H20N2O6S2/c1-4-26-13-7-10(5-6-12(13)25-2)14(28(3,23)24)8-20-17(21)15-11(19)9-27-16(15)18(20)22/h5-7,9,14H,4,8,19H2,1-3H3/t14-/m0/s1. The van der Waals surface area contributed by atoms with Gasteiger partial charge >= 0.3 is 0 Å². The lowest BCUT2D eigenvalue weighted by molar-refractivity contribution is 0.0656. The lowest BCUT2D eigenvalue weighted by Crippen LogP contribution is -2.36. The number of ether oxygens (including phenoxy) is 2. The van der Waals surface area contributed by atoms with E-state index in [0.717, 1.165) is 22.5 Å². The van der Waals surface area contributed by atoms with Gasteiger partial charge in [-0.15, -0.1) is 11.3 Å². The summed E-state index contributed by atoms with van der Waals surface area (Å²) in [6.07, 6.45) is 1.07. The fraction of sp³-hybridized carbons (Fsp3) is 0.333. The molecule has 0 bridgehead atoms. The monoisotopic (exact) mass is 424 g/mol. The van der Waals surface area contributed by atoms with Gasteiger partial charge in [-0.25, -0.2) is 8.42 Å². The van der Waals surface area contributed by atoms with Crippen LogP contribution in [-0.2, 0) is 9.84 Å². The first-order valence-electron chi connectivity index (χ1n) is 8.41. The van der Waals surface area contributed by atoms with Gasteiger partial charge in [-0.2, -0.15) is 0 Å². The predicted octanol–water partition coefficient (Wildman–Crippen LogP) is 2.12. The molecule has 1 aliphatic heterocycles. The van der Waals surface area contributed by atoms with Crippen LogP contribution in [0.2, 0.25) is 0 Å². The molecule has 10 heteroatoms. The summed E-state index contributed by atoms with van der Waals surface area (Å²) in [4.78, 5) is 26.4. The first kappa shape index (κ1) is 20.2. The summed E-state index contributed by atoms with van der Waals surface area (Å²) in [6.45, 7) is 1.85. The molecule has 2 N–H and O–H groups in total. The van der Waals surface area contributed by atoms with E-state index in [0.29, 0.717) is 23.7 Å².